The van der Waals surface area contributed by atoms with E-state index in [2.05, 4.69) is 0 Å². The lowest BCUT2D eigenvalue weighted by atomic mass is 10.3. The van der Waals surface area contributed by atoms with Crippen LogP contribution >= 0.6 is 11.6 Å². The number of carboxylic acids is 1. The summed E-state index contributed by atoms with van der Waals surface area (Å²) in [5.74, 6) is -1.16. The first-order chi connectivity index (χ1) is 8.74. The summed E-state index contributed by atoms with van der Waals surface area (Å²) in [5, 5.41) is 18.6. The van der Waals surface area contributed by atoms with Gasteiger partial charge in [-0.2, -0.15) is 0 Å². The molecule has 0 aliphatic heterocycles. The fourth-order valence-corrected chi connectivity index (χ4v) is 2.76. The summed E-state index contributed by atoms with van der Waals surface area (Å²) in [5.41, 5.74) is -0.338. The van der Waals surface area contributed by atoms with Gasteiger partial charge in [0.05, 0.1) is 16.4 Å². The molecule has 0 amide bonds. The van der Waals surface area contributed by atoms with Gasteiger partial charge < -0.3 is 5.11 Å². The van der Waals surface area contributed by atoms with Gasteiger partial charge >= 0.3 is 5.97 Å². The molecule has 0 unspecified atom stereocenters. The van der Waals surface area contributed by atoms with Crippen molar-refractivity contribution in [3.05, 3.63) is 33.3 Å². The van der Waals surface area contributed by atoms with Crippen LogP contribution in [0.15, 0.2) is 23.1 Å². The molecule has 0 radical (unpaired) electrons. The molecule has 0 spiro atoms. The average molecular weight is 309 g/mol. The smallest absolute Gasteiger partial charge is 0.304 e. The zero-order valence-corrected chi connectivity index (χ0v) is 10.9. The van der Waals surface area contributed by atoms with Crippen molar-refractivity contribution in [2.75, 3.05) is 6.54 Å². The predicted molar refractivity (Wildman–Crippen MR) is 65.5 cm³/mol. The maximum Gasteiger partial charge on any atom is 0.304 e. The number of non-ortho nitro benzene ring substituents is 1. The molecule has 0 fully saturated rings. The van der Waals surface area contributed by atoms with Gasteiger partial charge in [0, 0.05) is 18.7 Å². The first kappa shape index (κ1) is 15.3. The van der Waals surface area contributed by atoms with E-state index in [0.29, 0.717) is 0 Å². The van der Waals surface area contributed by atoms with Gasteiger partial charge in [-0.3, -0.25) is 14.9 Å². The molecular weight excluding hydrogens is 300 g/mol. The topological polar surface area (TPSA) is 127 Å². The molecule has 1 rings (SSSR count). The number of nitrogens with one attached hydrogen (secondary N) is 1. The Labute approximate surface area is 113 Å². The standard InChI is InChI=1S/C9H9ClN2O6S/c10-7-5-6(12(15)16)1-2-8(7)19(17,18)11-4-3-9(13)14/h1-2,5,11H,3-4H2,(H,13,14). The molecule has 0 heterocycles. The minimum atomic E-state index is -4.00. The van der Waals surface area contributed by atoms with Gasteiger partial charge in [0.25, 0.3) is 5.69 Å². The third-order valence-corrected chi connectivity index (χ3v) is 3.99. The lowest BCUT2D eigenvalue weighted by Gasteiger charge is -2.07. The average Bonchev–Trinajstić information content (AvgIpc) is 2.27. The van der Waals surface area contributed by atoms with E-state index in [0.717, 1.165) is 18.2 Å². The summed E-state index contributed by atoms with van der Waals surface area (Å²) >= 11 is 5.66. The van der Waals surface area contributed by atoms with Crippen LogP contribution in [-0.4, -0.2) is 31.0 Å². The summed E-state index contributed by atoms with van der Waals surface area (Å²) < 4.78 is 25.5. The Balaban J connectivity index is 2.96. The van der Waals surface area contributed by atoms with Crippen molar-refractivity contribution in [3.8, 4) is 0 Å². The van der Waals surface area contributed by atoms with Crippen LogP contribution in [0.25, 0.3) is 0 Å². The molecule has 0 aliphatic carbocycles. The van der Waals surface area contributed by atoms with Crippen molar-refractivity contribution in [2.24, 2.45) is 0 Å². The molecule has 2 N–H and O–H groups in total. The summed E-state index contributed by atoms with van der Waals surface area (Å²) in [4.78, 5) is 19.7. The molecular formula is C9H9ClN2O6S. The van der Waals surface area contributed by atoms with Crippen molar-refractivity contribution in [2.45, 2.75) is 11.3 Å². The van der Waals surface area contributed by atoms with E-state index in [1.54, 1.807) is 0 Å². The number of nitrogens with zero attached hydrogens (tertiary/aromatic N) is 1. The van der Waals surface area contributed by atoms with E-state index in [-0.39, 0.29) is 28.6 Å². The molecule has 0 bridgehead atoms. The molecule has 8 nitrogen and oxygen atoms in total. The third-order valence-electron chi connectivity index (χ3n) is 2.05. The van der Waals surface area contributed by atoms with Gasteiger partial charge in [-0.1, -0.05) is 11.6 Å². The van der Waals surface area contributed by atoms with E-state index in [1.165, 1.54) is 0 Å². The van der Waals surface area contributed by atoms with Gasteiger partial charge in [0.1, 0.15) is 4.90 Å². The van der Waals surface area contributed by atoms with Crippen molar-refractivity contribution < 1.29 is 23.2 Å². The molecule has 19 heavy (non-hydrogen) atoms. The van der Waals surface area contributed by atoms with Gasteiger partial charge in [-0.15, -0.1) is 0 Å². The number of benzene rings is 1. The molecule has 0 saturated heterocycles. The summed E-state index contributed by atoms with van der Waals surface area (Å²) in [7, 11) is -4.00. The second-order valence-electron chi connectivity index (χ2n) is 3.41. The monoisotopic (exact) mass is 308 g/mol. The SMILES string of the molecule is O=C(O)CCNS(=O)(=O)c1ccc([N+](=O)[O-])cc1Cl. The molecule has 10 heteroatoms. The van der Waals surface area contributed by atoms with Crippen LogP contribution in [0.4, 0.5) is 5.69 Å². The van der Waals surface area contributed by atoms with Crippen molar-refractivity contribution in [1.82, 2.24) is 4.72 Å². The first-order valence-electron chi connectivity index (χ1n) is 4.89. The van der Waals surface area contributed by atoms with Crippen LogP contribution in [0.3, 0.4) is 0 Å². The fourth-order valence-electron chi connectivity index (χ4n) is 1.19. The Kier molecular flexibility index (Phi) is 4.81. The lowest BCUT2D eigenvalue weighted by molar-refractivity contribution is -0.384. The maximum atomic E-state index is 11.8. The Bertz CT molecular complexity index is 615. The first-order valence-corrected chi connectivity index (χ1v) is 6.75. The normalized spacial score (nSPS) is 11.2. The molecule has 0 atom stereocenters. The number of nitro groups is 1. The summed E-state index contributed by atoms with van der Waals surface area (Å²) in [6.45, 7) is -0.301. The number of carbonyl (C=O) groups is 1. The Hall–Kier alpha value is -1.71. The number of hydrogen-bond donors (Lipinski definition) is 2. The Morgan fingerprint density at radius 1 is 1.47 bits per heavy atom. The number of nitro benzene ring substituents is 1. The zero-order valence-electron chi connectivity index (χ0n) is 9.37. The Morgan fingerprint density at radius 3 is 2.58 bits per heavy atom. The summed E-state index contributed by atoms with van der Waals surface area (Å²) in [6.07, 6.45) is -0.385. The molecule has 104 valence electrons. The quantitative estimate of drug-likeness (QED) is 0.596. The lowest BCUT2D eigenvalue weighted by Crippen LogP contribution is -2.26. The minimum Gasteiger partial charge on any atom is -0.481 e. The van der Waals surface area contributed by atoms with Crippen LogP contribution < -0.4 is 4.72 Å². The van der Waals surface area contributed by atoms with Gasteiger partial charge in [0.15, 0.2) is 0 Å². The van der Waals surface area contributed by atoms with Crippen molar-refractivity contribution in [3.63, 3.8) is 0 Å². The highest BCUT2D eigenvalue weighted by Gasteiger charge is 2.20. The van der Waals surface area contributed by atoms with Gasteiger partial charge in [0.2, 0.25) is 10.0 Å². The molecule has 0 aliphatic rings. The van der Waals surface area contributed by atoms with Gasteiger partial charge in [-0.25, -0.2) is 13.1 Å². The van der Waals surface area contributed by atoms with Crippen LogP contribution in [0.5, 0.6) is 0 Å². The van der Waals surface area contributed by atoms with Crippen LogP contribution in [0.2, 0.25) is 5.02 Å². The number of aliphatic carboxylic acids is 1. The van der Waals surface area contributed by atoms with E-state index >= 15 is 0 Å². The zero-order chi connectivity index (χ0) is 14.6. The highest BCUT2D eigenvalue weighted by atomic mass is 35.5. The highest BCUT2D eigenvalue weighted by Crippen LogP contribution is 2.25. The third kappa shape index (κ3) is 4.16. The summed E-state index contributed by atoms with van der Waals surface area (Å²) in [6, 6.07) is 2.90. The van der Waals surface area contributed by atoms with E-state index in [9.17, 15) is 23.3 Å². The maximum absolute atomic E-state index is 11.8. The number of rotatable bonds is 6. The van der Waals surface area contributed by atoms with Crippen molar-refractivity contribution in [1.29, 1.82) is 0 Å². The second-order valence-corrected chi connectivity index (χ2v) is 5.56. The predicted octanol–water partition coefficient (Wildman–Crippen LogP) is 1.00. The number of carboxylic acid groups (broad SMARTS) is 1. The molecule has 1 aromatic carbocycles. The van der Waals surface area contributed by atoms with Gasteiger partial charge in [-0.05, 0) is 6.07 Å². The van der Waals surface area contributed by atoms with Crippen molar-refractivity contribution >= 4 is 33.3 Å². The molecule has 1 aromatic rings. The molecule has 0 aromatic heterocycles. The number of hydrogen-bond acceptors (Lipinski definition) is 5. The van der Waals surface area contributed by atoms with E-state index in [1.807, 2.05) is 4.72 Å². The Morgan fingerprint density at radius 2 is 2.11 bits per heavy atom. The minimum absolute atomic E-state index is 0.301. The fraction of sp³-hybridized carbons (Fsp3) is 0.222. The number of halogens is 1. The van der Waals surface area contributed by atoms with Crippen LogP contribution in [0, 0.1) is 10.1 Å². The second kappa shape index (κ2) is 5.95. The molecule has 0 saturated carbocycles. The van der Waals surface area contributed by atoms with E-state index < -0.39 is 20.9 Å². The van der Waals surface area contributed by atoms with Crippen LogP contribution in [-0.2, 0) is 14.8 Å². The van der Waals surface area contributed by atoms with E-state index in [4.69, 9.17) is 16.7 Å². The number of sulfonamides is 1. The van der Waals surface area contributed by atoms with Crippen LogP contribution in [0.1, 0.15) is 6.42 Å². The largest absolute Gasteiger partial charge is 0.481 e. The highest BCUT2D eigenvalue weighted by molar-refractivity contribution is 7.89.